The maximum absolute atomic E-state index is 12.4. The molecule has 2 rings (SSSR count). The van der Waals surface area contributed by atoms with Gasteiger partial charge in [-0.1, -0.05) is 13.8 Å². The van der Waals surface area contributed by atoms with Crippen molar-refractivity contribution < 1.29 is 4.79 Å². The fourth-order valence-corrected chi connectivity index (χ4v) is 3.29. The molecule has 0 aliphatic carbocycles. The van der Waals surface area contributed by atoms with Crippen LogP contribution in [0.3, 0.4) is 0 Å². The van der Waals surface area contributed by atoms with E-state index >= 15 is 0 Å². The molecule has 94 valence electrons. The lowest BCUT2D eigenvalue weighted by Gasteiger charge is -2.32. The molecule has 2 heterocycles. The van der Waals surface area contributed by atoms with Crippen molar-refractivity contribution in [2.24, 2.45) is 5.41 Å². The van der Waals surface area contributed by atoms with Crippen LogP contribution in [-0.2, 0) is 17.6 Å². The summed E-state index contributed by atoms with van der Waals surface area (Å²) in [6.45, 7) is 6.25. The van der Waals surface area contributed by atoms with Crippen LogP contribution in [-0.4, -0.2) is 18.9 Å². The highest BCUT2D eigenvalue weighted by atomic mass is 32.1. The number of rotatable bonds is 4. The second-order valence-electron chi connectivity index (χ2n) is 5.13. The van der Waals surface area contributed by atoms with Gasteiger partial charge in [-0.2, -0.15) is 0 Å². The van der Waals surface area contributed by atoms with Gasteiger partial charge in [0.25, 0.3) is 0 Å². The Labute approximate surface area is 107 Å². The predicted octanol–water partition coefficient (Wildman–Crippen LogP) is 2.81. The van der Waals surface area contributed by atoms with Gasteiger partial charge in [0.05, 0.1) is 0 Å². The van der Waals surface area contributed by atoms with Gasteiger partial charge in [-0.3, -0.25) is 4.79 Å². The summed E-state index contributed by atoms with van der Waals surface area (Å²) in [6.07, 6.45) is 3.66. The highest BCUT2D eigenvalue weighted by Crippen LogP contribution is 2.31. The van der Waals surface area contributed by atoms with Crippen LogP contribution in [0.1, 0.15) is 36.4 Å². The Kier molecular flexibility index (Phi) is 4.00. The molecular formula is C14H21NOS. The molecule has 1 aromatic heterocycles. The number of piperidine rings is 1. The van der Waals surface area contributed by atoms with Crippen LogP contribution < -0.4 is 5.32 Å². The molecule has 0 saturated carbocycles. The van der Waals surface area contributed by atoms with E-state index in [1.165, 1.54) is 9.75 Å². The standard InChI is InChI=1S/C14H21NOS/c1-3-11-4-5-12(17-11)10-13(16)14(2)6-8-15-9-7-14/h4-5,15H,3,6-10H2,1-2H3. The molecule has 0 amide bonds. The molecule has 1 aromatic rings. The number of hydrogen-bond donors (Lipinski definition) is 1. The Bertz CT molecular complexity index is 391. The molecule has 1 fully saturated rings. The number of ketones is 1. The van der Waals surface area contributed by atoms with Crippen molar-refractivity contribution >= 4 is 17.1 Å². The zero-order valence-electron chi connectivity index (χ0n) is 10.7. The average molecular weight is 251 g/mol. The minimum atomic E-state index is -0.0956. The van der Waals surface area contributed by atoms with Crippen molar-refractivity contribution in [3.63, 3.8) is 0 Å². The second kappa shape index (κ2) is 5.32. The number of Topliss-reactive ketones (excluding diaryl/α,β-unsaturated/α-hetero) is 1. The molecule has 0 radical (unpaired) electrons. The third kappa shape index (κ3) is 2.96. The topological polar surface area (TPSA) is 29.1 Å². The van der Waals surface area contributed by atoms with E-state index in [9.17, 15) is 4.79 Å². The van der Waals surface area contributed by atoms with E-state index in [2.05, 4.69) is 31.3 Å². The lowest BCUT2D eigenvalue weighted by Crippen LogP contribution is -2.40. The first-order valence-corrected chi connectivity index (χ1v) is 7.27. The summed E-state index contributed by atoms with van der Waals surface area (Å²) >= 11 is 1.79. The van der Waals surface area contributed by atoms with Gasteiger partial charge in [0.2, 0.25) is 0 Å². The number of nitrogens with one attached hydrogen (secondary N) is 1. The van der Waals surface area contributed by atoms with E-state index in [-0.39, 0.29) is 5.41 Å². The quantitative estimate of drug-likeness (QED) is 0.891. The van der Waals surface area contributed by atoms with Crippen molar-refractivity contribution in [3.05, 3.63) is 21.9 Å². The van der Waals surface area contributed by atoms with Gasteiger partial charge in [0, 0.05) is 21.6 Å². The van der Waals surface area contributed by atoms with E-state index in [1.54, 1.807) is 11.3 Å². The first-order chi connectivity index (χ1) is 8.14. The summed E-state index contributed by atoms with van der Waals surface area (Å²) in [5.74, 6) is 0.420. The van der Waals surface area contributed by atoms with E-state index in [4.69, 9.17) is 0 Å². The number of hydrogen-bond acceptors (Lipinski definition) is 3. The van der Waals surface area contributed by atoms with Crippen molar-refractivity contribution in [1.29, 1.82) is 0 Å². The van der Waals surface area contributed by atoms with Gasteiger partial charge < -0.3 is 5.32 Å². The third-order valence-electron chi connectivity index (χ3n) is 3.78. The second-order valence-corrected chi connectivity index (χ2v) is 6.39. The minimum Gasteiger partial charge on any atom is -0.317 e. The molecule has 0 atom stereocenters. The van der Waals surface area contributed by atoms with Crippen LogP contribution in [0.5, 0.6) is 0 Å². The van der Waals surface area contributed by atoms with E-state index in [1.807, 2.05) is 0 Å². The minimum absolute atomic E-state index is 0.0956. The Morgan fingerprint density at radius 1 is 1.35 bits per heavy atom. The molecule has 0 bridgehead atoms. The molecule has 2 nitrogen and oxygen atoms in total. The fraction of sp³-hybridized carbons (Fsp3) is 0.643. The summed E-state index contributed by atoms with van der Waals surface area (Å²) in [7, 11) is 0. The zero-order valence-corrected chi connectivity index (χ0v) is 11.5. The van der Waals surface area contributed by atoms with Crippen LogP contribution in [0.25, 0.3) is 0 Å². The third-order valence-corrected chi connectivity index (χ3v) is 5.01. The lowest BCUT2D eigenvalue weighted by molar-refractivity contribution is -0.128. The monoisotopic (exact) mass is 251 g/mol. The average Bonchev–Trinajstić information content (AvgIpc) is 2.78. The number of aryl methyl sites for hydroxylation is 1. The molecule has 0 unspecified atom stereocenters. The van der Waals surface area contributed by atoms with Crippen molar-refractivity contribution in [2.75, 3.05) is 13.1 Å². The maximum Gasteiger partial charge on any atom is 0.144 e. The maximum atomic E-state index is 12.4. The zero-order chi connectivity index (χ0) is 12.3. The molecule has 17 heavy (non-hydrogen) atoms. The highest BCUT2D eigenvalue weighted by molar-refractivity contribution is 7.12. The summed E-state index contributed by atoms with van der Waals surface area (Å²) in [5.41, 5.74) is -0.0956. The molecular weight excluding hydrogens is 230 g/mol. The van der Waals surface area contributed by atoms with Gasteiger partial charge in [0.15, 0.2) is 0 Å². The Morgan fingerprint density at radius 3 is 2.59 bits per heavy atom. The summed E-state index contributed by atoms with van der Waals surface area (Å²) in [4.78, 5) is 15.0. The van der Waals surface area contributed by atoms with Crippen molar-refractivity contribution in [2.45, 2.75) is 39.5 Å². The summed E-state index contributed by atoms with van der Waals surface area (Å²) < 4.78 is 0. The molecule has 0 spiro atoms. The fourth-order valence-electron chi connectivity index (χ4n) is 2.34. The van der Waals surface area contributed by atoms with Crippen LogP contribution in [0.15, 0.2) is 12.1 Å². The summed E-state index contributed by atoms with van der Waals surface area (Å²) in [5, 5.41) is 3.32. The van der Waals surface area contributed by atoms with Gasteiger partial charge in [0.1, 0.15) is 5.78 Å². The normalized spacial score (nSPS) is 19.2. The first kappa shape index (κ1) is 12.8. The van der Waals surface area contributed by atoms with Gasteiger partial charge >= 0.3 is 0 Å². The van der Waals surface area contributed by atoms with E-state index in [0.29, 0.717) is 12.2 Å². The van der Waals surface area contributed by atoms with Gasteiger partial charge in [-0.05, 0) is 44.5 Å². The van der Waals surface area contributed by atoms with Crippen LogP contribution >= 0.6 is 11.3 Å². The van der Waals surface area contributed by atoms with Crippen LogP contribution in [0.4, 0.5) is 0 Å². The number of thiophene rings is 1. The smallest absolute Gasteiger partial charge is 0.144 e. The first-order valence-electron chi connectivity index (χ1n) is 6.46. The molecule has 1 N–H and O–H groups in total. The molecule has 1 saturated heterocycles. The predicted molar refractivity (Wildman–Crippen MR) is 72.6 cm³/mol. The highest BCUT2D eigenvalue weighted by Gasteiger charge is 2.34. The Hall–Kier alpha value is -0.670. The van der Waals surface area contributed by atoms with Gasteiger partial charge in [-0.25, -0.2) is 0 Å². The Morgan fingerprint density at radius 2 is 2.00 bits per heavy atom. The Balaban J connectivity index is 2.00. The van der Waals surface area contributed by atoms with E-state index in [0.717, 1.165) is 32.4 Å². The number of carbonyl (C=O) groups excluding carboxylic acids is 1. The summed E-state index contributed by atoms with van der Waals surface area (Å²) in [6, 6.07) is 4.27. The SMILES string of the molecule is CCc1ccc(CC(=O)C2(C)CCNCC2)s1. The molecule has 1 aliphatic heterocycles. The largest absolute Gasteiger partial charge is 0.317 e. The van der Waals surface area contributed by atoms with Crippen molar-refractivity contribution in [3.8, 4) is 0 Å². The lowest BCUT2D eigenvalue weighted by atomic mass is 9.76. The molecule has 1 aliphatic rings. The van der Waals surface area contributed by atoms with Crippen LogP contribution in [0.2, 0.25) is 0 Å². The van der Waals surface area contributed by atoms with Crippen molar-refractivity contribution in [1.82, 2.24) is 5.32 Å². The van der Waals surface area contributed by atoms with E-state index < -0.39 is 0 Å². The molecule has 0 aromatic carbocycles. The van der Waals surface area contributed by atoms with Crippen LogP contribution in [0, 0.1) is 5.41 Å². The molecule has 3 heteroatoms. The number of carbonyl (C=O) groups is 1. The van der Waals surface area contributed by atoms with Gasteiger partial charge in [-0.15, -0.1) is 11.3 Å².